The van der Waals surface area contributed by atoms with Crippen molar-refractivity contribution < 1.29 is 0 Å². The number of pyridine rings is 1. The Morgan fingerprint density at radius 1 is 0.952 bits per heavy atom. The molecular formula is C18H19N3. The molecule has 0 radical (unpaired) electrons. The number of hydrogen-bond donors (Lipinski definition) is 1. The second-order valence-corrected chi connectivity index (χ2v) is 5.18. The van der Waals surface area contributed by atoms with Crippen LogP contribution in [0, 0.1) is 0 Å². The van der Waals surface area contributed by atoms with Gasteiger partial charge in [-0.2, -0.15) is 0 Å². The van der Waals surface area contributed by atoms with E-state index in [4.69, 9.17) is 5.73 Å². The third-order valence-electron chi connectivity index (χ3n) is 3.76. The van der Waals surface area contributed by atoms with E-state index in [1.165, 1.54) is 21.9 Å². The molecule has 0 saturated carbocycles. The van der Waals surface area contributed by atoms with E-state index >= 15 is 0 Å². The molecule has 1 heterocycles. The molecule has 2 N–H and O–H groups in total. The molecule has 0 saturated heterocycles. The molecule has 0 fully saturated rings. The molecule has 3 nitrogen and oxygen atoms in total. The van der Waals surface area contributed by atoms with Crippen LogP contribution in [0.15, 0.2) is 60.8 Å². The average molecular weight is 277 g/mol. The van der Waals surface area contributed by atoms with Crippen LogP contribution in [0.25, 0.3) is 10.8 Å². The minimum atomic E-state index is 0.562. The van der Waals surface area contributed by atoms with Crippen LogP contribution < -0.4 is 10.6 Å². The summed E-state index contributed by atoms with van der Waals surface area (Å²) < 4.78 is 0. The van der Waals surface area contributed by atoms with E-state index in [0.29, 0.717) is 6.54 Å². The third kappa shape index (κ3) is 2.73. The Kier molecular flexibility index (Phi) is 3.84. The van der Waals surface area contributed by atoms with Crippen LogP contribution in [0.1, 0.15) is 11.1 Å². The molecule has 0 aliphatic heterocycles. The Morgan fingerprint density at radius 3 is 2.48 bits per heavy atom. The lowest BCUT2D eigenvalue weighted by Crippen LogP contribution is -2.19. The molecule has 3 aromatic rings. The van der Waals surface area contributed by atoms with Crippen molar-refractivity contribution in [2.24, 2.45) is 5.73 Å². The minimum Gasteiger partial charge on any atom is -0.355 e. The zero-order chi connectivity index (χ0) is 14.7. The van der Waals surface area contributed by atoms with E-state index in [9.17, 15) is 0 Å². The van der Waals surface area contributed by atoms with Crippen molar-refractivity contribution in [1.29, 1.82) is 0 Å². The summed E-state index contributed by atoms with van der Waals surface area (Å²) in [6.45, 7) is 1.36. The maximum absolute atomic E-state index is 5.82. The normalized spacial score (nSPS) is 10.8. The van der Waals surface area contributed by atoms with Gasteiger partial charge < -0.3 is 10.6 Å². The lowest BCUT2D eigenvalue weighted by molar-refractivity contribution is 0.881. The molecule has 106 valence electrons. The van der Waals surface area contributed by atoms with Crippen LogP contribution in [-0.4, -0.2) is 12.0 Å². The van der Waals surface area contributed by atoms with E-state index in [1.807, 2.05) is 18.3 Å². The van der Waals surface area contributed by atoms with E-state index in [0.717, 1.165) is 12.4 Å². The Bertz CT molecular complexity index is 747. The van der Waals surface area contributed by atoms with Crippen molar-refractivity contribution in [2.75, 3.05) is 11.9 Å². The number of anilines is 1. The molecular weight excluding hydrogens is 258 g/mol. The number of nitrogens with two attached hydrogens (primary N) is 1. The van der Waals surface area contributed by atoms with Gasteiger partial charge in [-0.3, -0.25) is 0 Å². The highest BCUT2D eigenvalue weighted by Crippen LogP contribution is 2.24. The third-order valence-corrected chi connectivity index (χ3v) is 3.76. The highest BCUT2D eigenvalue weighted by atomic mass is 15.2. The number of aromatic nitrogens is 1. The molecule has 3 rings (SSSR count). The number of fused-ring (bicyclic) bond motifs is 1. The Morgan fingerprint density at radius 2 is 1.67 bits per heavy atom. The zero-order valence-corrected chi connectivity index (χ0v) is 12.2. The van der Waals surface area contributed by atoms with Crippen LogP contribution in [0.4, 0.5) is 5.82 Å². The summed E-state index contributed by atoms with van der Waals surface area (Å²) in [5.41, 5.74) is 8.25. The van der Waals surface area contributed by atoms with Gasteiger partial charge in [-0.25, -0.2) is 4.98 Å². The van der Waals surface area contributed by atoms with Gasteiger partial charge in [0, 0.05) is 31.7 Å². The smallest absolute Gasteiger partial charge is 0.136 e. The fraction of sp³-hybridized carbons (Fsp3) is 0.167. The molecule has 0 spiro atoms. The summed E-state index contributed by atoms with van der Waals surface area (Å²) in [5.74, 6) is 1.000. The molecule has 21 heavy (non-hydrogen) atoms. The van der Waals surface area contributed by atoms with Crippen molar-refractivity contribution in [2.45, 2.75) is 13.1 Å². The quantitative estimate of drug-likeness (QED) is 0.795. The van der Waals surface area contributed by atoms with Crippen LogP contribution in [-0.2, 0) is 13.1 Å². The monoisotopic (exact) mass is 277 g/mol. The van der Waals surface area contributed by atoms with Gasteiger partial charge in [-0.1, -0.05) is 48.5 Å². The van der Waals surface area contributed by atoms with Gasteiger partial charge in [0.2, 0.25) is 0 Å². The SMILES string of the molecule is CN(Cc1ccccc1CN)c1nccc2ccccc12. The van der Waals surface area contributed by atoms with Gasteiger partial charge in [0.1, 0.15) is 5.82 Å². The molecule has 2 aromatic carbocycles. The first-order valence-electron chi connectivity index (χ1n) is 7.11. The predicted molar refractivity (Wildman–Crippen MR) is 88.2 cm³/mol. The van der Waals surface area contributed by atoms with Crippen molar-refractivity contribution in [3.8, 4) is 0 Å². The molecule has 1 aromatic heterocycles. The highest BCUT2D eigenvalue weighted by molar-refractivity contribution is 5.91. The average Bonchev–Trinajstić information content (AvgIpc) is 2.54. The molecule has 0 unspecified atom stereocenters. The first-order chi connectivity index (χ1) is 10.3. The second kappa shape index (κ2) is 5.94. The fourth-order valence-corrected chi connectivity index (χ4v) is 2.65. The van der Waals surface area contributed by atoms with Crippen LogP contribution in [0.3, 0.4) is 0 Å². The molecule has 0 aliphatic rings. The molecule has 3 heteroatoms. The number of benzene rings is 2. The molecule has 0 bridgehead atoms. The summed E-state index contributed by atoms with van der Waals surface area (Å²) in [6.07, 6.45) is 1.86. The van der Waals surface area contributed by atoms with Crippen molar-refractivity contribution in [1.82, 2.24) is 4.98 Å². The largest absolute Gasteiger partial charge is 0.355 e. The van der Waals surface area contributed by atoms with Gasteiger partial charge in [-0.05, 0) is 22.6 Å². The summed E-state index contributed by atoms with van der Waals surface area (Å²) in [4.78, 5) is 6.73. The van der Waals surface area contributed by atoms with Crippen molar-refractivity contribution in [3.63, 3.8) is 0 Å². The zero-order valence-electron chi connectivity index (χ0n) is 12.2. The van der Waals surface area contributed by atoms with E-state index < -0.39 is 0 Å². The van der Waals surface area contributed by atoms with Gasteiger partial charge in [0.25, 0.3) is 0 Å². The number of nitrogens with zero attached hydrogens (tertiary/aromatic N) is 2. The first kappa shape index (κ1) is 13.6. The van der Waals surface area contributed by atoms with E-state index in [1.54, 1.807) is 0 Å². The van der Waals surface area contributed by atoms with Crippen LogP contribution >= 0.6 is 0 Å². The summed E-state index contributed by atoms with van der Waals surface area (Å²) in [5, 5.41) is 2.38. The second-order valence-electron chi connectivity index (χ2n) is 5.18. The minimum absolute atomic E-state index is 0.562. The van der Waals surface area contributed by atoms with Crippen LogP contribution in [0.5, 0.6) is 0 Å². The summed E-state index contributed by atoms with van der Waals surface area (Å²) in [7, 11) is 2.07. The maximum Gasteiger partial charge on any atom is 0.136 e. The lowest BCUT2D eigenvalue weighted by atomic mass is 10.1. The number of rotatable bonds is 4. The fourth-order valence-electron chi connectivity index (χ4n) is 2.65. The Labute approximate surface area is 125 Å². The molecule has 0 atom stereocenters. The topological polar surface area (TPSA) is 42.1 Å². The Balaban J connectivity index is 1.96. The summed E-state index contributed by atoms with van der Waals surface area (Å²) in [6, 6.07) is 18.7. The van der Waals surface area contributed by atoms with Crippen LogP contribution in [0.2, 0.25) is 0 Å². The van der Waals surface area contributed by atoms with E-state index in [2.05, 4.69) is 59.4 Å². The van der Waals surface area contributed by atoms with Gasteiger partial charge in [0.05, 0.1) is 0 Å². The standard InChI is InChI=1S/C18H19N3/c1-21(13-16-8-3-2-7-15(16)12-19)18-17-9-5-4-6-14(17)10-11-20-18/h2-11H,12-13,19H2,1H3. The van der Waals surface area contributed by atoms with Gasteiger partial charge in [-0.15, -0.1) is 0 Å². The molecule has 0 aliphatic carbocycles. The molecule has 0 amide bonds. The predicted octanol–water partition coefficient (Wildman–Crippen LogP) is 3.33. The van der Waals surface area contributed by atoms with Crippen molar-refractivity contribution >= 4 is 16.6 Å². The number of hydrogen-bond acceptors (Lipinski definition) is 3. The maximum atomic E-state index is 5.82. The summed E-state index contributed by atoms with van der Waals surface area (Å²) >= 11 is 0. The van der Waals surface area contributed by atoms with Gasteiger partial charge >= 0.3 is 0 Å². The first-order valence-corrected chi connectivity index (χ1v) is 7.11. The highest BCUT2D eigenvalue weighted by Gasteiger charge is 2.09. The van der Waals surface area contributed by atoms with E-state index in [-0.39, 0.29) is 0 Å². The lowest BCUT2D eigenvalue weighted by Gasteiger charge is -2.21. The van der Waals surface area contributed by atoms with Crippen molar-refractivity contribution in [3.05, 3.63) is 71.9 Å². The van der Waals surface area contributed by atoms with Gasteiger partial charge in [0.15, 0.2) is 0 Å². The Hall–Kier alpha value is -2.39.